The zero-order valence-electron chi connectivity index (χ0n) is 19.7. The van der Waals surface area contributed by atoms with Crippen LogP contribution in [0, 0.1) is 0 Å². The SMILES string of the molecule is COc1cc(O)c2c(=O)c(O[C@@H]3O[C@H](C)[C@H](O)[C@@H](O)[C@H]3O)c(-c3ccc(O)c(O)c3)oc2c1OC(C)=O. The molecule has 2 aromatic carbocycles. The molecular weight excluding hydrogens is 496 g/mol. The number of carbonyl (C=O) groups is 1. The predicted octanol–water partition coefficient (Wildman–Crippen LogP) is 0.717. The first kappa shape index (κ1) is 26.0. The van der Waals surface area contributed by atoms with Gasteiger partial charge >= 0.3 is 5.97 Å². The van der Waals surface area contributed by atoms with Gasteiger partial charge in [0.05, 0.1) is 13.2 Å². The number of aliphatic hydroxyl groups is 3. The number of fused-ring (bicyclic) bond motifs is 1. The van der Waals surface area contributed by atoms with E-state index in [9.17, 15) is 40.2 Å². The van der Waals surface area contributed by atoms with E-state index in [1.165, 1.54) is 20.1 Å². The van der Waals surface area contributed by atoms with Gasteiger partial charge in [-0.15, -0.1) is 0 Å². The molecule has 1 aliphatic heterocycles. The van der Waals surface area contributed by atoms with Crippen LogP contribution in [0.1, 0.15) is 13.8 Å². The number of rotatable bonds is 5. The van der Waals surface area contributed by atoms with Crippen LogP contribution in [-0.4, -0.2) is 74.4 Å². The minimum Gasteiger partial charge on any atom is -0.507 e. The van der Waals surface area contributed by atoms with Crippen molar-refractivity contribution in [2.75, 3.05) is 7.11 Å². The van der Waals surface area contributed by atoms with Crippen molar-refractivity contribution in [3.8, 4) is 45.8 Å². The highest BCUT2D eigenvalue weighted by atomic mass is 16.7. The average Bonchev–Trinajstić information content (AvgIpc) is 2.85. The molecule has 0 radical (unpaired) electrons. The second-order valence-corrected chi connectivity index (χ2v) is 8.32. The summed E-state index contributed by atoms with van der Waals surface area (Å²) in [6.45, 7) is 2.50. The number of phenols is 3. The van der Waals surface area contributed by atoms with E-state index in [2.05, 4.69) is 0 Å². The van der Waals surface area contributed by atoms with Crippen molar-refractivity contribution in [2.24, 2.45) is 0 Å². The van der Waals surface area contributed by atoms with E-state index < -0.39 is 81.8 Å². The smallest absolute Gasteiger partial charge is 0.308 e. The molecule has 0 saturated carbocycles. The normalized spacial score (nSPS) is 23.6. The third kappa shape index (κ3) is 4.60. The number of benzene rings is 2. The standard InChI is InChI=1S/C24H24O13/c1-8-16(29)18(31)19(32)24(34-8)37-23-17(30)15-13(28)7-14(33-3)21(35-9(2)25)22(15)36-20(23)10-4-5-11(26)12(27)6-10/h4-8,16,18-19,24,26-29,31-32H,1-3H3/t8-,16+,18-,19-,24+/m1/s1. The number of hydrogen-bond acceptors (Lipinski definition) is 13. The Kier molecular flexibility index (Phi) is 6.88. The first-order valence-electron chi connectivity index (χ1n) is 10.9. The van der Waals surface area contributed by atoms with Crippen LogP contribution >= 0.6 is 0 Å². The molecule has 5 atom stereocenters. The van der Waals surface area contributed by atoms with Crippen molar-refractivity contribution in [1.82, 2.24) is 0 Å². The Bertz CT molecular complexity index is 1410. The van der Waals surface area contributed by atoms with Gasteiger partial charge in [0.1, 0.15) is 29.4 Å². The van der Waals surface area contributed by atoms with Crippen molar-refractivity contribution >= 4 is 16.9 Å². The highest BCUT2D eigenvalue weighted by molar-refractivity contribution is 5.94. The second-order valence-electron chi connectivity index (χ2n) is 8.32. The maximum atomic E-state index is 13.7. The van der Waals surface area contributed by atoms with Crippen LogP contribution in [0.15, 0.2) is 33.5 Å². The molecule has 1 saturated heterocycles. The number of aromatic hydroxyl groups is 3. The Labute approximate surface area is 208 Å². The molecule has 6 N–H and O–H groups in total. The summed E-state index contributed by atoms with van der Waals surface area (Å²) < 4.78 is 27.3. The summed E-state index contributed by atoms with van der Waals surface area (Å²) >= 11 is 0. The zero-order chi connectivity index (χ0) is 27.2. The molecule has 0 spiro atoms. The lowest BCUT2D eigenvalue weighted by molar-refractivity contribution is -0.268. The van der Waals surface area contributed by atoms with Crippen LogP contribution < -0.4 is 19.6 Å². The van der Waals surface area contributed by atoms with Crippen LogP contribution in [0.3, 0.4) is 0 Å². The van der Waals surface area contributed by atoms with Gasteiger partial charge in [-0.1, -0.05) is 0 Å². The van der Waals surface area contributed by atoms with E-state index in [4.69, 9.17) is 23.4 Å². The van der Waals surface area contributed by atoms with Gasteiger partial charge in [-0.05, 0) is 25.1 Å². The van der Waals surface area contributed by atoms with E-state index in [0.717, 1.165) is 25.1 Å². The third-order valence-electron chi connectivity index (χ3n) is 5.77. The van der Waals surface area contributed by atoms with Gasteiger partial charge in [0.15, 0.2) is 28.6 Å². The summed E-state index contributed by atoms with van der Waals surface area (Å²) in [5.41, 5.74) is -1.44. The van der Waals surface area contributed by atoms with Gasteiger partial charge in [-0.2, -0.15) is 0 Å². The molecule has 13 heteroatoms. The van der Waals surface area contributed by atoms with Crippen molar-refractivity contribution in [1.29, 1.82) is 0 Å². The van der Waals surface area contributed by atoms with Crippen LogP contribution in [0.5, 0.6) is 34.5 Å². The van der Waals surface area contributed by atoms with E-state index >= 15 is 0 Å². The minimum atomic E-state index is -1.80. The number of methoxy groups -OCH3 is 1. The fourth-order valence-corrected chi connectivity index (χ4v) is 3.87. The fourth-order valence-electron chi connectivity index (χ4n) is 3.87. The molecule has 0 aliphatic carbocycles. The number of carbonyl (C=O) groups excluding carboxylic acids is 1. The lowest BCUT2D eigenvalue weighted by Crippen LogP contribution is -2.58. The van der Waals surface area contributed by atoms with Crippen LogP contribution in [-0.2, 0) is 9.53 Å². The molecule has 13 nitrogen and oxygen atoms in total. The predicted molar refractivity (Wildman–Crippen MR) is 124 cm³/mol. The lowest BCUT2D eigenvalue weighted by Gasteiger charge is -2.38. The molecule has 1 fully saturated rings. The molecule has 37 heavy (non-hydrogen) atoms. The molecule has 0 unspecified atom stereocenters. The second kappa shape index (κ2) is 9.78. The Morgan fingerprint density at radius 2 is 1.65 bits per heavy atom. The summed E-state index contributed by atoms with van der Waals surface area (Å²) in [7, 11) is 1.23. The average molecular weight is 520 g/mol. The van der Waals surface area contributed by atoms with E-state index in [0.29, 0.717) is 0 Å². The first-order chi connectivity index (χ1) is 17.4. The van der Waals surface area contributed by atoms with Crippen molar-refractivity contribution in [3.05, 3.63) is 34.5 Å². The minimum absolute atomic E-state index is 0.0145. The molecular formula is C24H24O13. The quantitative estimate of drug-likeness (QED) is 0.156. The summed E-state index contributed by atoms with van der Waals surface area (Å²) in [5, 5.41) is 60.4. The molecule has 198 valence electrons. The summed E-state index contributed by atoms with van der Waals surface area (Å²) in [5.74, 6) is -3.99. The monoisotopic (exact) mass is 520 g/mol. The van der Waals surface area contributed by atoms with Gasteiger partial charge in [-0.25, -0.2) is 0 Å². The molecule has 3 aromatic rings. The van der Waals surface area contributed by atoms with E-state index in [1.807, 2.05) is 0 Å². The summed E-state index contributed by atoms with van der Waals surface area (Å²) in [4.78, 5) is 25.4. The number of phenolic OH excluding ortho intramolecular Hbond substituents is 3. The van der Waals surface area contributed by atoms with E-state index in [-0.39, 0.29) is 17.1 Å². The number of hydrogen-bond donors (Lipinski definition) is 6. The van der Waals surface area contributed by atoms with Crippen molar-refractivity contribution in [3.63, 3.8) is 0 Å². The van der Waals surface area contributed by atoms with Crippen molar-refractivity contribution < 1.29 is 58.8 Å². The molecule has 1 aliphatic rings. The van der Waals surface area contributed by atoms with Crippen LogP contribution in [0.2, 0.25) is 0 Å². The van der Waals surface area contributed by atoms with Gasteiger partial charge in [0.2, 0.25) is 23.2 Å². The summed E-state index contributed by atoms with van der Waals surface area (Å²) in [6, 6.07) is 4.42. The Morgan fingerprint density at radius 1 is 0.946 bits per heavy atom. The highest BCUT2D eigenvalue weighted by Crippen LogP contribution is 2.44. The third-order valence-corrected chi connectivity index (χ3v) is 5.77. The topological polar surface area (TPSA) is 206 Å². The maximum Gasteiger partial charge on any atom is 0.308 e. The zero-order valence-corrected chi connectivity index (χ0v) is 19.7. The first-order valence-corrected chi connectivity index (χ1v) is 10.9. The molecule has 1 aromatic heterocycles. The highest BCUT2D eigenvalue weighted by Gasteiger charge is 2.44. The summed E-state index contributed by atoms with van der Waals surface area (Å²) in [6.07, 6.45) is -7.62. The lowest BCUT2D eigenvalue weighted by atomic mass is 10.00. The maximum absolute atomic E-state index is 13.7. The van der Waals surface area contributed by atoms with Crippen molar-refractivity contribution in [2.45, 2.75) is 44.6 Å². The number of esters is 1. The van der Waals surface area contributed by atoms with Gasteiger partial charge < -0.3 is 54.0 Å². The van der Waals surface area contributed by atoms with Crippen LogP contribution in [0.4, 0.5) is 0 Å². The Hall–Kier alpha value is -4.04. The van der Waals surface area contributed by atoms with Gasteiger partial charge in [0.25, 0.3) is 0 Å². The number of ether oxygens (including phenoxy) is 4. The van der Waals surface area contributed by atoms with E-state index in [1.54, 1.807) is 0 Å². The molecule has 4 rings (SSSR count). The van der Waals surface area contributed by atoms with Crippen LogP contribution in [0.25, 0.3) is 22.3 Å². The Morgan fingerprint density at radius 3 is 2.27 bits per heavy atom. The van der Waals surface area contributed by atoms with Gasteiger partial charge in [0, 0.05) is 18.6 Å². The Balaban J connectivity index is 2.02. The largest absolute Gasteiger partial charge is 0.507 e. The molecule has 0 bridgehead atoms. The van der Waals surface area contributed by atoms with Gasteiger partial charge in [-0.3, -0.25) is 9.59 Å². The fraction of sp³-hybridized carbons (Fsp3) is 0.333. The molecule has 0 amide bonds. The molecule has 2 heterocycles. The number of aliphatic hydroxyl groups excluding tert-OH is 3.